The van der Waals surface area contributed by atoms with Gasteiger partial charge in [-0.1, -0.05) is 18.3 Å². The minimum atomic E-state index is 0.0353. The van der Waals surface area contributed by atoms with Crippen molar-refractivity contribution < 1.29 is 4.79 Å². The zero-order chi connectivity index (χ0) is 11.1. The van der Waals surface area contributed by atoms with Crippen molar-refractivity contribution in [3.63, 3.8) is 0 Å². The van der Waals surface area contributed by atoms with Crippen LogP contribution in [0.25, 0.3) is 0 Å². The van der Waals surface area contributed by atoms with E-state index in [0.29, 0.717) is 4.88 Å². The predicted octanol–water partition coefficient (Wildman–Crippen LogP) is 1.88. The molecule has 1 radical (unpaired) electrons. The smallest absolute Gasteiger partial charge is 0.267 e. The Bertz CT molecular complexity index is 386. The van der Waals surface area contributed by atoms with Crippen LogP contribution in [0, 0.1) is 18.9 Å². The highest BCUT2D eigenvalue weighted by Crippen LogP contribution is 2.32. The number of rotatable bonds is 1. The van der Waals surface area contributed by atoms with Crippen molar-refractivity contribution in [2.24, 2.45) is 5.41 Å². The summed E-state index contributed by atoms with van der Waals surface area (Å²) < 4.78 is 3.78. The molecule has 1 saturated heterocycles. The number of hydrogen-bond donors (Lipinski definition) is 0. The van der Waals surface area contributed by atoms with Crippen LogP contribution in [0.3, 0.4) is 0 Å². The molecule has 5 heteroatoms. The third-order valence-corrected chi connectivity index (χ3v) is 3.39. The van der Waals surface area contributed by atoms with Crippen LogP contribution in [0.2, 0.25) is 0 Å². The van der Waals surface area contributed by atoms with Crippen LogP contribution in [0.4, 0.5) is 0 Å². The maximum atomic E-state index is 12.0. The van der Waals surface area contributed by atoms with Crippen molar-refractivity contribution in [2.45, 2.75) is 27.2 Å². The fourth-order valence-electron chi connectivity index (χ4n) is 1.66. The molecule has 0 unspecified atom stereocenters. The zero-order valence-corrected chi connectivity index (χ0v) is 9.97. The summed E-state index contributed by atoms with van der Waals surface area (Å²) in [5.41, 5.74) is 0.921. The molecular formula is C10H14N3OS. The fourth-order valence-corrected chi connectivity index (χ4v) is 2.27. The molecule has 0 bridgehead atoms. The molecule has 2 heterocycles. The Kier molecular flexibility index (Phi) is 2.50. The van der Waals surface area contributed by atoms with Crippen molar-refractivity contribution in [3.8, 4) is 0 Å². The van der Waals surface area contributed by atoms with E-state index in [1.54, 1.807) is 4.90 Å². The van der Waals surface area contributed by atoms with E-state index in [0.717, 1.165) is 18.7 Å². The summed E-state index contributed by atoms with van der Waals surface area (Å²) in [7, 11) is 0. The van der Waals surface area contributed by atoms with Crippen LogP contribution >= 0.6 is 11.5 Å². The Labute approximate surface area is 93.5 Å². The lowest BCUT2D eigenvalue weighted by molar-refractivity contribution is 0.0808. The summed E-state index contributed by atoms with van der Waals surface area (Å²) in [6, 6.07) is 0. The van der Waals surface area contributed by atoms with Gasteiger partial charge in [0.2, 0.25) is 0 Å². The lowest BCUT2D eigenvalue weighted by atomic mass is 9.93. The summed E-state index contributed by atoms with van der Waals surface area (Å²) in [6.07, 6.45) is 0.948. The predicted molar refractivity (Wildman–Crippen MR) is 58.4 cm³/mol. The van der Waals surface area contributed by atoms with Crippen LogP contribution in [-0.2, 0) is 0 Å². The van der Waals surface area contributed by atoms with E-state index in [2.05, 4.69) is 23.4 Å². The van der Waals surface area contributed by atoms with Gasteiger partial charge in [0.1, 0.15) is 4.88 Å². The molecule has 0 spiro atoms. The average molecular weight is 224 g/mol. The van der Waals surface area contributed by atoms with Gasteiger partial charge in [-0.2, -0.15) is 0 Å². The summed E-state index contributed by atoms with van der Waals surface area (Å²) in [5.74, 6) is 0.0353. The molecule has 15 heavy (non-hydrogen) atoms. The zero-order valence-electron chi connectivity index (χ0n) is 9.15. The van der Waals surface area contributed by atoms with Gasteiger partial charge in [0.15, 0.2) is 0 Å². The molecule has 81 valence electrons. The van der Waals surface area contributed by atoms with E-state index < -0.39 is 0 Å². The molecule has 0 saturated carbocycles. The van der Waals surface area contributed by atoms with Crippen LogP contribution in [0.1, 0.15) is 35.6 Å². The number of amides is 1. The number of aromatic nitrogens is 2. The van der Waals surface area contributed by atoms with Crippen molar-refractivity contribution in [1.29, 1.82) is 0 Å². The fraction of sp³-hybridized carbons (Fsp3) is 0.600. The third kappa shape index (κ3) is 2.02. The van der Waals surface area contributed by atoms with Gasteiger partial charge in [-0.3, -0.25) is 4.79 Å². The van der Waals surface area contributed by atoms with E-state index in [-0.39, 0.29) is 11.3 Å². The van der Waals surface area contributed by atoms with E-state index >= 15 is 0 Å². The normalized spacial score (nSPS) is 19.5. The van der Waals surface area contributed by atoms with Crippen molar-refractivity contribution in [2.75, 3.05) is 6.54 Å². The number of aryl methyl sites for hydroxylation is 1. The van der Waals surface area contributed by atoms with Gasteiger partial charge >= 0.3 is 0 Å². The van der Waals surface area contributed by atoms with Gasteiger partial charge in [0.05, 0.1) is 12.2 Å². The maximum absolute atomic E-state index is 12.0. The Morgan fingerprint density at radius 1 is 1.60 bits per heavy atom. The first-order valence-corrected chi connectivity index (χ1v) is 5.70. The first-order chi connectivity index (χ1) is 6.99. The van der Waals surface area contributed by atoms with Gasteiger partial charge in [-0.05, 0) is 30.3 Å². The minimum Gasteiger partial charge on any atom is -0.332 e. The van der Waals surface area contributed by atoms with Gasteiger partial charge in [0.25, 0.3) is 5.91 Å². The lowest BCUT2D eigenvalue weighted by Gasteiger charge is -2.18. The molecule has 0 aromatic carbocycles. The number of carbonyl (C=O) groups is 1. The highest BCUT2D eigenvalue weighted by Gasteiger charge is 2.34. The number of nitrogens with zero attached hydrogens (tertiary/aromatic N) is 3. The van der Waals surface area contributed by atoms with Gasteiger partial charge in [0, 0.05) is 6.54 Å². The second-order valence-corrected chi connectivity index (χ2v) is 5.43. The first-order valence-electron chi connectivity index (χ1n) is 4.93. The maximum Gasteiger partial charge on any atom is 0.267 e. The summed E-state index contributed by atoms with van der Waals surface area (Å²) in [4.78, 5) is 14.5. The highest BCUT2D eigenvalue weighted by molar-refractivity contribution is 7.07. The topological polar surface area (TPSA) is 46.1 Å². The first kappa shape index (κ1) is 10.5. The molecule has 0 atom stereocenters. The molecule has 1 aromatic heterocycles. The SMILES string of the molecule is Cc1nnsc1C(=O)N1[CH]CC(C)(C)C1. The molecule has 2 rings (SSSR count). The molecular weight excluding hydrogens is 210 g/mol. The summed E-state index contributed by atoms with van der Waals surface area (Å²) >= 11 is 1.17. The van der Waals surface area contributed by atoms with E-state index in [1.807, 2.05) is 13.5 Å². The van der Waals surface area contributed by atoms with E-state index in [1.165, 1.54) is 11.5 Å². The monoisotopic (exact) mass is 224 g/mol. The number of carbonyl (C=O) groups excluding carboxylic acids is 1. The molecule has 0 N–H and O–H groups in total. The highest BCUT2D eigenvalue weighted by atomic mass is 32.1. The van der Waals surface area contributed by atoms with Crippen LogP contribution in [0.5, 0.6) is 0 Å². The minimum absolute atomic E-state index is 0.0353. The molecule has 1 amide bonds. The molecule has 4 nitrogen and oxygen atoms in total. The van der Waals surface area contributed by atoms with Gasteiger partial charge in [-0.25, -0.2) is 0 Å². The van der Waals surface area contributed by atoms with Crippen LogP contribution < -0.4 is 0 Å². The summed E-state index contributed by atoms with van der Waals surface area (Å²) in [5, 5.41) is 3.85. The quantitative estimate of drug-likeness (QED) is 0.731. The Morgan fingerprint density at radius 2 is 2.33 bits per heavy atom. The Balaban J connectivity index is 2.14. The van der Waals surface area contributed by atoms with Crippen LogP contribution in [0.15, 0.2) is 0 Å². The van der Waals surface area contributed by atoms with Gasteiger partial charge in [-0.15, -0.1) is 5.10 Å². The van der Waals surface area contributed by atoms with Gasteiger partial charge < -0.3 is 4.90 Å². The second kappa shape index (κ2) is 3.56. The van der Waals surface area contributed by atoms with Crippen LogP contribution in [-0.4, -0.2) is 26.9 Å². The number of hydrogen-bond acceptors (Lipinski definition) is 4. The summed E-state index contributed by atoms with van der Waals surface area (Å²) in [6.45, 7) is 8.89. The molecule has 1 aliphatic rings. The average Bonchev–Trinajstić information content (AvgIpc) is 2.71. The molecule has 1 aliphatic heterocycles. The molecule has 0 aliphatic carbocycles. The van der Waals surface area contributed by atoms with Crippen molar-refractivity contribution >= 4 is 17.4 Å². The standard InChI is InChI=1S/C10H14N3OS/c1-7-8(15-12-11-7)9(14)13-5-4-10(2,3)6-13/h5H,4,6H2,1-3H3. The van der Waals surface area contributed by atoms with Crippen molar-refractivity contribution in [3.05, 3.63) is 17.1 Å². The number of likely N-dealkylation sites (tertiary alicyclic amines) is 1. The van der Waals surface area contributed by atoms with E-state index in [9.17, 15) is 4.79 Å². The lowest BCUT2D eigenvalue weighted by Crippen LogP contribution is -2.28. The third-order valence-electron chi connectivity index (χ3n) is 2.57. The second-order valence-electron chi connectivity index (χ2n) is 4.67. The Morgan fingerprint density at radius 3 is 2.80 bits per heavy atom. The molecule has 1 aromatic rings. The Hall–Kier alpha value is -0.970. The van der Waals surface area contributed by atoms with Crippen molar-refractivity contribution in [1.82, 2.24) is 14.5 Å². The largest absolute Gasteiger partial charge is 0.332 e. The van der Waals surface area contributed by atoms with E-state index in [4.69, 9.17) is 0 Å². The molecule has 1 fully saturated rings.